The SMILES string of the molecule is Cc1cccc(-c2noc(CS(=O)(=O)C/C=C\c3ccccc3)n2)c1. The van der Waals surface area contributed by atoms with Crippen LogP contribution in [0, 0.1) is 6.92 Å². The first-order chi connectivity index (χ1) is 12.0. The Morgan fingerprint density at radius 3 is 2.64 bits per heavy atom. The summed E-state index contributed by atoms with van der Waals surface area (Å²) in [6, 6.07) is 17.2. The minimum absolute atomic E-state index is 0.0793. The lowest BCUT2D eigenvalue weighted by molar-refractivity contribution is 0.389. The van der Waals surface area contributed by atoms with Gasteiger partial charge in [-0.25, -0.2) is 8.42 Å². The van der Waals surface area contributed by atoms with Gasteiger partial charge in [-0.3, -0.25) is 0 Å². The number of nitrogens with zero attached hydrogens (tertiary/aromatic N) is 2. The summed E-state index contributed by atoms with van der Waals surface area (Å²) in [6.45, 7) is 1.97. The lowest BCUT2D eigenvalue weighted by Crippen LogP contribution is -2.07. The van der Waals surface area contributed by atoms with E-state index in [0.717, 1.165) is 16.7 Å². The summed E-state index contributed by atoms with van der Waals surface area (Å²) in [7, 11) is -3.36. The predicted molar refractivity (Wildman–Crippen MR) is 97.4 cm³/mol. The van der Waals surface area contributed by atoms with Gasteiger partial charge in [-0.2, -0.15) is 4.98 Å². The van der Waals surface area contributed by atoms with Crippen LogP contribution in [0.3, 0.4) is 0 Å². The molecule has 3 rings (SSSR count). The van der Waals surface area contributed by atoms with Crippen molar-refractivity contribution in [2.75, 3.05) is 5.75 Å². The number of hydrogen-bond acceptors (Lipinski definition) is 5. The third kappa shape index (κ3) is 4.87. The van der Waals surface area contributed by atoms with Crippen LogP contribution >= 0.6 is 0 Å². The topological polar surface area (TPSA) is 73.1 Å². The summed E-state index contributed by atoms with van der Waals surface area (Å²) in [4.78, 5) is 4.19. The van der Waals surface area contributed by atoms with E-state index in [0.29, 0.717) is 5.82 Å². The van der Waals surface area contributed by atoms with Gasteiger partial charge in [-0.1, -0.05) is 71.4 Å². The first kappa shape index (κ1) is 17.1. The van der Waals surface area contributed by atoms with E-state index >= 15 is 0 Å². The molecule has 25 heavy (non-hydrogen) atoms. The van der Waals surface area contributed by atoms with Crippen molar-refractivity contribution in [1.82, 2.24) is 10.1 Å². The molecule has 6 heteroatoms. The second-order valence-corrected chi connectivity index (χ2v) is 7.86. The zero-order chi connectivity index (χ0) is 17.7. The Morgan fingerprint density at radius 2 is 1.88 bits per heavy atom. The average Bonchev–Trinajstić information content (AvgIpc) is 3.03. The third-order valence-electron chi connectivity index (χ3n) is 3.55. The Bertz CT molecular complexity index is 977. The van der Waals surface area contributed by atoms with Crippen molar-refractivity contribution in [3.05, 3.63) is 77.7 Å². The molecule has 1 heterocycles. The molecule has 2 aromatic carbocycles. The molecule has 3 aromatic rings. The van der Waals surface area contributed by atoms with Crippen LogP contribution in [0.25, 0.3) is 17.5 Å². The van der Waals surface area contributed by atoms with Crippen molar-refractivity contribution in [1.29, 1.82) is 0 Å². The summed E-state index contributed by atoms with van der Waals surface area (Å²) < 4.78 is 29.5. The molecule has 0 aliphatic carbocycles. The Hall–Kier alpha value is -2.73. The van der Waals surface area contributed by atoms with E-state index in [4.69, 9.17) is 4.52 Å². The van der Waals surface area contributed by atoms with Crippen molar-refractivity contribution in [2.45, 2.75) is 12.7 Å². The van der Waals surface area contributed by atoms with Crippen LogP contribution in [0.4, 0.5) is 0 Å². The fourth-order valence-electron chi connectivity index (χ4n) is 2.36. The summed E-state index contributed by atoms with van der Waals surface area (Å²) in [5, 5.41) is 3.87. The van der Waals surface area contributed by atoms with E-state index in [1.807, 2.05) is 61.5 Å². The molecule has 0 atom stereocenters. The van der Waals surface area contributed by atoms with Gasteiger partial charge >= 0.3 is 0 Å². The third-order valence-corrected chi connectivity index (χ3v) is 4.93. The molecule has 0 aliphatic heterocycles. The maximum atomic E-state index is 12.2. The number of sulfone groups is 1. The predicted octanol–water partition coefficient (Wildman–Crippen LogP) is 3.67. The van der Waals surface area contributed by atoms with Gasteiger partial charge in [-0.05, 0) is 18.6 Å². The minimum Gasteiger partial charge on any atom is -0.338 e. The normalized spacial score (nSPS) is 11.9. The van der Waals surface area contributed by atoms with Crippen molar-refractivity contribution in [3.8, 4) is 11.4 Å². The zero-order valence-electron chi connectivity index (χ0n) is 13.8. The highest BCUT2D eigenvalue weighted by atomic mass is 32.2. The molecule has 0 spiro atoms. The fraction of sp³-hybridized carbons (Fsp3) is 0.158. The molecule has 5 nitrogen and oxygen atoms in total. The summed E-state index contributed by atoms with van der Waals surface area (Å²) in [6.07, 6.45) is 3.41. The molecule has 0 radical (unpaired) electrons. The van der Waals surface area contributed by atoms with Gasteiger partial charge in [-0.15, -0.1) is 0 Å². The Balaban J connectivity index is 1.66. The van der Waals surface area contributed by atoms with Crippen LogP contribution in [0.2, 0.25) is 0 Å². The molecular formula is C19H18N2O3S. The summed E-state index contributed by atoms with van der Waals surface area (Å²) in [5.41, 5.74) is 2.83. The Labute approximate surface area is 146 Å². The zero-order valence-corrected chi connectivity index (χ0v) is 14.6. The van der Waals surface area contributed by atoms with Crippen molar-refractivity contribution in [3.63, 3.8) is 0 Å². The maximum absolute atomic E-state index is 12.2. The molecule has 0 N–H and O–H groups in total. The Morgan fingerprint density at radius 1 is 1.08 bits per heavy atom. The van der Waals surface area contributed by atoms with Gasteiger partial charge in [0.2, 0.25) is 11.7 Å². The van der Waals surface area contributed by atoms with E-state index in [9.17, 15) is 8.42 Å². The van der Waals surface area contributed by atoms with Gasteiger partial charge in [0.1, 0.15) is 5.75 Å². The summed E-state index contributed by atoms with van der Waals surface area (Å²) >= 11 is 0. The molecule has 0 bridgehead atoms. The molecule has 0 fully saturated rings. The van der Waals surface area contributed by atoms with E-state index in [1.54, 1.807) is 12.2 Å². The standard InChI is InChI=1S/C19H18N2O3S/c1-15-7-5-11-17(13-15)19-20-18(24-21-19)14-25(22,23)12-6-10-16-8-3-2-4-9-16/h2-11,13H,12,14H2,1H3/b10-6-. The van der Waals surface area contributed by atoms with Gasteiger partial charge in [0.15, 0.2) is 9.84 Å². The minimum atomic E-state index is -3.36. The molecule has 0 saturated carbocycles. The molecule has 128 valence electrons. The van der Waals surface area contributed by atoms with Gasteiger partial charge in [0, 0.05) is 5.56 Å². The lowest BCUT2D eigenvalue weighted by atomic mass is 10.1. The second-order valence-electron chi connectivity index (χ2n) is 5.75. The van der Waals surface area contributed by atoms with E-state index in [1.165, 1.54) is 0 Å². The molecule has 1 aromatic heterocycles. The maximum Gasteiger partial charge on any atom is 0.242 e. The van der Waals surface area contributed by atoms with Crippen LogP contribution in [-0.4, -0.2) is 24.3 Å². The molecular weight excluding hydrogens is 336 g/mol. The van der Waals surface area contributed by atoms with E-state index in [2.05, 4.69) is 10.1 Å². The summed E-state index contributed by atoms with van der Waals surface area (Å²) in [5.74, 6) is 0.146. The highest BCUT2D eigenvalue weighted by Gasteiger charge is 2.16. The second kappa shape index (κ2) is 7.44. The van der Waals surface area contributed by atoms with E-state index in [-0.39, 0.29) is 17.4 Å². The van der Waals surface area contributed by atoms with Crippen molar-refractivity contribution < 1.29 is 12.9 Å². The van der Waals surface area contributed by atoms with Crippen molar-refractivity contribution in [2.24, 2.45) is 0 Å². The first-order valence-corrected chi connectivity index (χ1v) is 9.66. The van der Waals surface area contributed by atoms with Crippen molar-refractivity contribution >= 4 is 15.9 Å². The van der Waals surface area contributed by atoms with Crippen LogP contribution in [-0.2, 0) is 15.6 Å². The molecule has 0 aliphatic rings. The molecule has 0 amide bonds. The Kier molecular flexibility index (Phi) is 5.09. The smallest absolute Gasteiger partial charge is 0.242 e. The van der Waals surface area contributed by atoms with E-state index < -0.39 is 9.84 Å². The average molecular weight is 354 g/mol. The quantitative estimate of drug-likeness (QED) is 0.675. The van der Waals surface area contributed by atoms with Gasteiger partial charge in [0.05, 0.1) is 5.75 Å². The number of aryl methyl sites for hydroxylation is 1. The highest BCUT2D eigenvalue weighted by Crippen LogP contribution is 2.18. The molecule has 0 unspecified atom stereocenters. The largest absolute Gasteiger partial charge is 0.338 e. The van der Waals surface area contributed by atoms with Crippen LogP contribution < -0.4 is 0 Å². The number of aromatic nitrogens is 2. The molecule has 0 saturated heterocycles. The lowest BCUT2D eigenvalue weighted by Gasteiger charge is -1.97. The van der Waals surface area contributed by atoms with Gasteiger partial charge < -0.3 is 4.52 Å². The monoisotopic (exact) mass is 354 g/mol. The first-order valence-electron chi connectivity index (χ1n) is 7.83. The van der Waals surface area contributed by atoms with Crippen LogP contribution in [0.15, 0.2) is 65.2 Å². The number of rotatable bonds is 6. The number of benzene rings is 2. The van der Waals surface area contributed by atoms with Crippen LogP contribution in [0.1, 0.15) is 17.0 Å². The van der Waals surface area contributed by atoms with Crippen LogP contribution in [0.5, 0.6) is 0 Å². The fourth-order valence-corrected chi connectivity index (χ4v) is 3.36. The van der Waals surface area contributed by atoms with Gasteiger partial charge in [0.25, 0.3) is 0 Å². The number of hydrogen-bond donors (Lipinski definition) is 0. The highest BCUT2D eigenvalue weighted by molar-refractivity contribution is 7.90.